The van der Waals surface area contributed by atoms with Crippen LogP contribution in [0.4, 0.5) is 5.95 Å². The van der Waals surface area contributed by atoms with Gasteiger partial charge in [-0.25, -0.2) is 0 Å². The molecule has 0 atom stereocenters. The summed E-state index contributed by atoms with van der Waals surface area (Å²) in [6.45, 7) is 3.18. The Bertz CT molecular complexity index is 205. The van der Waals surface area contributed by atoms with E-state index in [0.29, 0.717) is 5.95 Å². The average molecular weight is 155 g/mol. The molecule has 2 rings (SSSR count). The molecule has 2 heterocycles. The van der Waals surface area contributed by atoms with E-state index in [1.54, 1.807) is 0 Å². The average Bonchev–Trinajstić information content (AvgIpc) is 2.58. The molecule has 60 valence electrons. The summed E-state index contributed by atoms with van der Waals surface area (Å²) in [4.78, 5) is 2.03. The third-order valence-electron chi connectivity index (χ3n) is 1.63. The van der Waals surface area contributed by atoms with Gasteiger partial charge in [0.05, 0.1) is 13.2 Å². The van der Waals surface area contributed by atoms with Crippen molar-refractivity contribution in [1.82, 2.24) is 20.6 Å². The number of rotatable bonds is 1. The largest absolute Gasteiger partial charge is 0.378 e. The number of aromatic nitrogens is 4. The Morgan fingerprint density at radius 1 is 1.36 bits per heavy atom. The minimum atomic E-state index is 0.660. The topological polar surface area (TPSA) is 66.9 Å². The quantitative estimate of drug-likeness (QED) is 0.565. The molecule has 11 heavy (non-hydrogen) atoms. The fourth-order valence-electron chi connectivity index (χ4n) is 1.05. The number of tetrazole rings is 1. The van der Waals surface area contributed by atoms with Crippen molar-refractivity contribution in [1.29, 1.82) is 0 Å². The highest BCUT2D eigenvalue weighted by molar-refractivity contribution is 5.25. The molecule has 0 saturated carbocycles. The summed E-state index contributed by atoms with van der Waals surface area (Å²) < 4.78 is 5.17. The highest BCUT2D eigenvalue weighted by Crippen LogP contribution is 2.05. The van der Waals surface area contributed by atoms with Gasteiger partial charge in [-0.15, -0.1) is 5.10 Å². The molecule has 1 aromatic rings. The first-order valence-corrected chi connectivity index (χ1v) is 3.53. The molecule has 0 spiro atoms. The number of nitrogens with zero attached hydrogens (tertiary/aromatic N) is 4. The molecule has 0 radical (unpaired) electrons. The number of nitrogens with one attached hydrogen (secondary N) is 1. The zero-order valence-corrected chi connectivity index (χ0v) is 6.03. The Hall–Kier alpha value is -1.17. The standard InChI is InChI=1S/C5H9N5O/c1-3-11-4-2-10(1)5-6-8-9-7-5/h1-4H2,(H,6,7,8,9). The molecule has 1 aliphatic rings. The number of hydrogen-bond acceptors (Lipinski definition) is 5. The van der Waals surface area contributed by atoms with Crippen LogP contribution in [0.25, 0.3) is 0 Å². The first-order chi connectivity index (χ1) is 5.47. The van der Waals surface area contributed by atoms with Gasteiger partial charge in [0, 0.05) is 13.1 Å². The fourth-order valence-corrected chi connectivity index (χ4v) is 1.05. The van der Waals surface area contributed by atoms with Crippen LogP contribution in [0.5, 0.6) is 0 Å². The summed E-state index contributed by atoms with van der Waals surface area (Å²) >= 11 is 0. The molecule has 1 fully saturated rings. The van der Waals surface area contributed by atoms with Crippen molar-refractivity contribution in [3.05, 3.63) is 0 Å². The zero-order valence-electron chi connectivity index (χ0n) is 6.03. The second kappa shape index (κ2) is 2.83. The lowest BCUT2D eigenvalue weighted by atomic mass is 10.4. The van der Waals surface area contributed by atoms with Crippen molar-refractivity contribution in [2.24, 2.45) is 0 Å². The number of anilines is 1. The van der Waals surface area contributed by atoms with Gasteiger partial charge in [0.2, 0.25) is 0 Å². The molecular weight excluding hydrogens is 146 g/mol. The minimum absolute atomic E-state index is 0.660. The maximum Gasteiger partial charge on any atom is 0.265 e. The first-order valence-electron chi connectivity index (χ1n) is 3.53. The lowest BCUT2D eigenvalue weighted by molar-refractivity contribution is 0.122. The van der Waals surface area contributed by atoms with Gasteiger partial charge in [-0.2, -0.15) is 5.21 Å². The van der Waals surface area contributed by atoms with Crippen molar-refractivity contribution < 1.29 is 4.74 Å². The molecule has 0 amide bonds. The van der Waals surface area contributed by atoms with Crippen LogP contribution in [0.2, 0.25) is 0 Å². The number of ether oxygens (including phenoxy) is 1. The van der Waals surface area contributed by atoms with Gasteiger partial charge >= 0.3 is 0 Å². The molecule has 1 aromatic heterocycles. The smallest absolute Gasteiger partial charge is 0.265 e. The second-order valence-corrected chi connectivity index (χ2v) is 2.31. The van der Waals surface area contributed by atoms with Gasteiger partial charge in [0.15, 0.2) is 0 Å². The third-order valence-corrected chi connectivity index (χ3v) is 1.63. The lowest BCUT2D eigenvalue weighted by Crippen LogP contribution is -2.36. The molecule has 1 N–H and O–H groups in total. The monoisotopic (exact) mass is 155 g/mol. The van der Waals surface area contributed by atoms with Crippen molar-refractivity contribution in [2.45, 2.75) is 0 Å². The Labute approximate surface area is 63.5 Å². The van der Waals surface area contributed by atoms with Crippen molar-refractivity contribution in [3.63, 3.8) is 0 Å². The molecule has 6 nitrogen and oxygen atoms in total. The highest BCUT2D eigenvalue weighted by Gasteiger charge is 2.13. The Kier molecular flexibility index (Phi) is 1.68. The maximum atomic E-state index is 5.17. The summed E-state index contributed by atoms with van der Waals surface area (Å²) in [5, 5.41) is 13.6. The molecule has 0 bridgehead atoms. The number of aromatic amines is 1. The summed E-state index contributed by atoms with van der Waals surface area (Å²) in [5.74, 6) is 0.660. The number of morpholine rings is 1. The van der Waals surface area contributed by atoms with E-state index in [9.17, 15) is 0 Å². The predicted molar refractivity (Wildman–Crippen MR) is 37.2 cm³/mol. The first kappa shape index (κ1) is 6.53. The van der Waals surface area contributed by atoms with E-state index >= 15 is 0 Å². The summed E-state index contributed by atoms with van der Waals surface area (Å²) in [5.41, 5.74) is 0. The second-order valence-electron chi connectivity index (χ2n) is 2.31. The van der Waals surface area contributed by atoms with Crippen LogP contribution in [-0.2, 0) is 4.74 Å². The predicted octanol–water partition coefficient (Wildman–Crippen LogP) is -0.964. The van der Waals surface area contributed by atoms with Crippen LogP contribution in [0.15, 0.2) is 0 Å². The van der Waals surface area contributed by atoms with Gasteiger partial charge in [0.25, 0.3) is 5.95 Å². The van der Waals surface area contributed by atoms with Crippen LogP contribution in [-0.4, -0.2) is 46.9 Å². The summed E-state index contributed by atoms with van der Waals surface area (Å²) in [7, 11) is 0. The molecule has 0 unspecified atom stereocenters. The van der Waals surface area contributed by atoms with E-state index in [4.69, 9.17) is 4.74 Å². The van der Waals surface area contributed by atoms with E-state index in [1.807, 2.05) is 4.90 Å². The van der Waals surface area contributed by atoms with Crippen molar-refractivity contribution in [2.75, 3.05) is 31.2 Å². The van der Waals surface area contributed by atoms with E-state index in [-0.39, 0.29) is 0 Å². The van der Waals surface area contributed by atoms with Crippen molar-refractivity contribution >= 4 is 5.95 Å². The van der Waals surface area contributed by atoms with Crippen LogP contribution in [0.3, 0.4) is 0 Å². The SMILES string of the molecule is C1CN(c2nn[nH]n2)CCO1. The maximum absolute atomic E-state index is 5.17. The number of hydrogen-bond donors (Lipinski definition) is 1. The molecule has 6 heteroatoms. The molecule has 1 saturated heterocycles. The van der Waals surface area contributed by atoms with E-state index < -0.39 is 0 Å². The normalized spacial score (nSPS) is 18.7. The number of H-pyrrole nitrogens is 1. The molecule has 0 aromatic carbocycles. The Morgan fingerprint density at radius 2 is 2.18 bits per heavy atom. The fraction of sp³-hybridized carbons (Fsp3) is 0.800. The molecule has 0 aliphatic carbocycles. The highest BCUT2D eigenvalue weighted by atomic mass is 16.5. The van der Waals surface area contributed by atoms with E-state index in [2.05, 4.69) is 20.6 Å². The van der Waals surface area contributed by atoms with Gasteiger partial charge in [-0.1, -0.05) is 5.10 Å². The van der Waals surface area contributed by atoms with Gasteiger partial charge in [-0.3, -0.25) is 0 Å². The molecule has 1 aliphatic heterocycles. The van der Waals surface area contributed by atoms with Crippen LogP contribution in [0, 0.1) is 0 Å². The summed E-state index contributed by atoms with van der Waals surface area (Å²) in [6, 6.07) is 0. The minimum Gasteiger partial charge on any atom is -0.378 e. The lowest BCUT2D eigenvalue weighted by Gasteiger charge is -2.24. The zero-order chi connectivity index (χ0) is 7.52. The van der Waals surface area contributed by atoms with E-state index in [0.717, 1.165) is 26.3 Å². The van der Waals surface area contributed by atoms with Crippen molar-refractivity contribution in [3.8, 4) is 0 Å². The van der Waals surface area contributed by atoms with Crippen LogP contribution in [0.1, 0.15) is 0 Å². The Morgan fingerprint density at radius 3 is 2.82 bits per heavy atom. The Balaban J connectivity index is 2.04. The third kappa shape index (κ3) is 1.30. The van der Waals surface area contributed by atoms with Gasteiger partial charge in [0.1, 0.15) is 0 Å². The molecular formula is C5H9N5O. The summed E-state index contributed by atoms with van der Waals surface area (Å²) in [6.07, 6.45) is 0. The van der Waals surface area contributed by atoms with E-state index in [1.165, 1.54) is 0 Å². The van der Waals surface area contributed by atoms with Crippen LogP contribution < -0.4 is 4.90 Å². The van der Waals surface area contributed by atoms with Gasteiger partial charge in [-0.05, 0) is 5.21 Å². The van der Waals surface area contributed by atoms with Crippen LogP contribution >= 0.6 is 0 Å². The van der Waals surface area contributed by atoms with Gasteiger partial charge < -0.3 is 9.64 Å².